The summed E-state index contributed by atoms with van der Waals surface area (Å²) in [5.74, 6) is 0. The first-order valence-electron chi connectivity index (χ1n) is 21.5. The van der Waals surface area contributed by atoms with E-state index in [1.165, 1.54) is 86.7 Å². The number of hydrogen-bond acceptors (Lipinski definition) is 2. The molecule has 0 aliphatic rings. The van der Waals surface area contributed by atoms with E-state index < -0.39 is 0 Å². The first-order valence-corrected chi connectivity index (χ1v) is 22.3. The summed E-state index contributed by atoms with van der Waals surface area (Å²) in [5.41, 5.74) is 16.3. The second-order valence-electron chi connectivity index (χ2n) is 16.0. The first kappa shape index (κ1) is 36.8. The number of anilines is 3. The molecule has 2 heterocycles. The number of benzene rings is 10. The van der Waals surface area contributed by atoms with Crippen molar-refractivity contribution in [1.29, 1.82) is 0 Å². The maximum absolute atomic E-state index is 2.54. The van der Waals surface area contributed by atoms with Gasteiger partial charge in [0.25, 0.3) is 0 Å². The van der Waals surface area contributed by atoms with E-state index in [1.54, 1.807) is 0 Å². The van der Waals surface area contributed by atoms with E-state index in [2.05, 4.69) is 252 Å². The van der Waals surface area contributed by atoms with Crippen LogP contribution in [0.3, 0.4) is 0 Å². The van der Waals surface area contributed by atoms with Crippen LogP contribution in [0.2, 0.25) is 0 Å². The van der Waals surface area contributed by atoms with Gasteiger partial charge in [-0.1, -0.05) is 200 Å². The zero-order valence-electron chi connectivity index (χ0n) is 34.4. The van der Waals surface area contributed by atoms with E-state index >= 15 is 0 Å². The zero-order valence-corrected chi connectivity index (χ0v) is 35.2. The lowest BCUT2D eigenvalue weighted by Crippen LogP contribution is -2.11. The Kier molecular flexibility index (Phi) is 9.06. The van der Waals surface area contributed by atoms with Gasteiger partial charge in [0.15, 0.2) is 0 Å². The third-order valence-corrected chi connectivity index (χ3v) is 13.6. The highest BCUT2D eigenvalue weighted by atomic mass is 32.1. The van der Waals surface area contributed by atoms with Gasteiger partial charge in [0.05, 0.1) is 22.4 Å². The van der Waals surface area contributed by atoms with Crippen molar-refractivity contribution in [1.82, 2.24) is 4.57 Å². The summed E-state index contributed by atoms with van der Waals surface area (Å²) in [6.45, 7) is 0. The predicted molar refractivity (Wildman–Crippen MR) is 270 cm³/mol. The highest BCUT2D eigenvalue weighted by Gasteiger charge is 2.24. The third-order valence-electron chi connectivity index (χ3n) is 12.4. The van der Waals surface area contributed by atoms with Crippen molar-refractivity contribution in [2.24, 2.45) is 0 Å². The Bertz CT molecular complexity index is 3600. The Hall–Kier alpha value is -7.98. The Balaban J connectivity index is 1.15. The number of aromatic nitrogens is 1. The molecule has 12 aromatic rings. The van der Waals surface area contributed by atoms with Crippen LogP contribution in [0.15, 0.2) is 243 Å². The van der Waals surface area contributed by atoms with Crippen molar-refractivity contribution < 1.29 is 0 Å². The molecule has 0 spiro atoms. The molecule has 296 valence electrons. The van der Waals surface area contributed by atoms with Gasteiger partial charge in [-0.2, -0.15) is 0 Å². The second-order valence-corrected chi connectivity index (χ2v) is 17.1. The van der Waals surface area contributed by atoms with Gasteiger partial charge in [0, 0.05) is 64.6 Å². The second kappa shape index (κ2) is 15.5. The number of para-hydroxylation sites is 3. The fourth-order valence-electron chi connectivity index (χ4n) is 9.54. The minimum Gasteiger partial charge on any atom is -0.310 e. The summed E-state index contributed by atoms with van der Waals surface area (Å²) in [6.07, 6.45) is 0. The normalized spacial score (nSPS) is 11.5. The summed E-state index contributed by atoms with van der Waals surface area (Å²) < 4.78 is 5.14. The molecule has 0 unspecified atom stereocenters. The van der Waals surface area contributed by atoms with Gasteiger partial charge in [-0.3, -0.25) is 0 Å². The lowest BCUT2D eigenvalue weighted by Gasteiger charge is -2.28. The molecular weight excluding hydrogens is 781 g/mol. The van der Waals surface area contributed by atoms with Crippen LogP contribution in [-0.2, 0) is 0 Å². The third kappa shape index (κ3) is 6.33. The largest absolute Gasteiger partial charge is 0.310 e. The van der Waals surface area contributed by atoms with E-state index in [-0.39, 0.29) is 0 Å². The minimum atomic E-state index is 1.08. The molecule has 3 heteroatoms. The van der Waals surface area contributed by atoms with Gasteiger partial charge in [-0.25, -0.2) is 0 Å². The molecule has 2 nitrogen and oxygen atoms in total. The zero-order chi connectivity index (χ0) is 41.7. The highest BCUT2D eigenvalue weighted by molar-refractivity contribution is 7.26. The average molecular weight is 821 g/mol. The van der Waals surface area contributed by atoms with Gasteiger partial charge in [0.1, 0.15) is 0 Å². The van der Waals surface area contributed by atoms with Gasteiger partial charge >= 0.3 is 0 Å². The highest BCUT2D eigenvalue weighted by Crippen LogP contribution is 2.48. The molecule has 0 saturated heterocycles. The van der Waals surface area contributed by atoms with Gasteiger partial charge < -0.3 is 9.47 Å². The summed E-state index contributed by atoms with van der Waals surface area (Å²) >= 11 is 1.88. The molecule has 0 aliphatic carbocycles. The maximum atomic E-state index is 2.54. The molecule has 12 rings (SSSR count). The standard InChI is InChI=1S/C60H40N2S/c1-4-18-41(19-5-1)42-34-36-45(37-35-42)61(55-31-13-10-24-47(55)43-20-6-2-7-21-43)46-38-39-50-49-25-11-14-32-56(49)62(57(50)40-46)59-48(44-22-8-3-9-23-44)27-16-28-52(59)54-30-17-29-53-51-26-12-15-33-58(51)63-60(53)54/h1-40H. The molecule has 10 aromatic carbocycles. The minimum absolute atomic E-state index is 1.08. The quantitative estimate of drug-likeness (QED) is 0.148. The van der Waals surface area contributed by atoms with Crippen molar-refractivity contribution >= 4 is 70.4 Å². The van der Waals surface area contributed by atoms with Gasteiger partial charge in [-0.15, -0.1) is 11.3 Å². The fraction of sp³-hybridized carbons (Fsp3) is 0. The van der Waals surface area contributed by atoms with Crippen LogP contribution >= 0.6 is 11.3 Å². The topological polar surface area (TPSA) is 8.17 Å². The van der Waals surface area contributed by atoms with E-state index in [0.717, 1.165) is 22.6 Å². The van der Waals surface area contributed by atoms with Gasteiger partial charge in [-0.05, 0) is 64.7 Å². The molecule has 0 amide bonds. The van der Waals surface area contributed by atoms with Crippen molar-refractivity contribution in [3.63, 3.8) is 0 Å². The van der Waals surface area contributed by atoms with Crippen molar-refractivity contribution in [3.05, 3.63) is 243 Å². The fourth-order valence-corrected chi connectivity index (χ4v) is 10.8. The van der Waals surface area contributed by atoms with E-state index in [9.17, 15) is 0 Å². The van der Waals surface area contributed by atoms with Crippen LogP contribution in [0.1, 0.15) is 0 Å². The van der Waals surface area contributed by atoms with Crippen molar-refractivity contribution in [2.75, 3.05) is 4.90 Å². The molecule has 63 heavy (non-hydrogen) atoms. The predicted octanol–water partition coefficient (Wildman–Crippen LogP) is 17.3. The van der Waals surface area contributed by atoms with Crippen LogP contribution in [0.25, 0.3) is 92.2 Å². The Morgan fingerprint density at radius 3 is 1.62 bits per heavy atom. The van der Waals surface area contributed by atoms with Crippen LogP contribution in [-0.4, -0.2) is 4.57 Å². The van der Waals surface area contributed by atoms with Crippen LogP contribution in [0, 0.1) is 0 Å². The Morgan fingerprint density at radius 1 is 0.317 bits per heavy atom. The van der Waals surface area contributed by atoms with Crippen LogP contribution < -0.4 is 4.90 Å². The van der Waals surface area contributed by atoms with Crippen LogP contribution in [0.4, 0.5) is 17.1 Å². The SMILES string of the molecule is c1ccc(-c2ccc(N(c3ccc4c5ccccc5n(-c5c(-c6ccccc6)cccc5-c5cccc6c5sc5ccccc56)c4c3)c3ccccc3-c3ccccc3)cc2)cc1. The van der Waals surface area contributed by atoms with E-state index in [4.69, 9.17) is 0 Å². The van der Waals surface area contributed by atoms with E-state index in [0.29, 0.717) is 0 Å². The van der Waals surface area contributed by atoms with Gasteiger partial charge in [0.2, 0.25) is 0 Å². The number of nitrogens with zero attached hydrogens (tertiary/aromatic N) is 2. The molecule has 0 aliphatic heterocycles. The first-order chi connectivity index (χ1) is 31.3. The average Bonchev–Trinajstić information content (AvgIpc) is 3.91. The van der Waals surface area contributed by atoms with Crippen LogP contribution in [0.5, 0.6) is 0 Å². The molecule has 0 radical (unpaired) electrons. The van der Waals surface area contributed by atoms with Crippen molar-refractivity contribution in [3.8, 4) is 50.2 Å². The molecule has 2 aromatic heterocycles. The molecular formula is C60H40N2S. The summed E-state index contributed by atoms with van der Waals surface area (Å²) in [5, 5.41) is 5.02. The maximum Gasteiger partial charge on any atom is 0.0619 e. The molecule has 0 bridgehead atoms. The monoisotopic (exact) mass is 820 g/mol. The molecule has 0 saturated carbocycles. The lowest BCUT2D eigenvalue weighted by atomic mass is 9.94. The number of thiophene rings is 1. The van der Waals surface area contributed by atoms with E-state index in [1.807, 2.05) is 11.3 Å². The number of fused-ring (bicyclic) bond motifs is 6. The lowest BCUT2D eigenvalue weighted by molar-refractivity contribution is 1.18. The summed E-state index contributed by atoms with van der Waals surface area (Å²) in [6, 6.07) is 88.4. The molecule has 0 fully saturated rings. The number of hydrogen-bond donors (Lipinski definition) is 0. The Labute approximate surface area is 370 Å². The molecule has 0 N–H and O–H groups in total. The molecule has 0 atom stereocenters. The summed E-state index contributed by atoms with van der Waals surface area (Å²) in [7, 11) is 0. The Morgan fingerprint density at radius 2 is 0.841 bits per heavy atom. The smallest absolute Gasteiger partial charge is 0.0619 e. The van der Waals surface area contributed by atoms with Crippen molar-refractivity contribution in [2.45, 2.75) is 0 Å². The number of rotatable bonds is 8. The summed E-state index contributed by atoms with van der Waals surface area (Å²) in [4.78, 5) is 2.43.